The molecule has 0 aliphatic heterocycles. The molecule has 3 rings (SSSR count). The van der Waals surface area contributed by atoms with E-state index in [1.54, 1.807) is 37.4 Å². The number of rotatable bonds is 7. The Bertz CT molecular complexity index is 1200. The summed E-state index contributed by atoms with van der Waals surface area (Å²) < 4.78 is 12.2. The number of halogens is 3. The summed E-state index contributed by atoms with van der Waals surface area (Å²) in [6, 6.07) is 19.5. The van der Waals surface area contributed by atoms with Gasteiger partial charge in [-0.05, 0) is 54.1 Å². The van der Waals surface area contributed by atoms with E-state index in [-0.39, 0.29) is 5.57 Å². The molecular formula is C24H17BrCl2N2O3. The van der Waals surface area contributed by atoms with Crippen molar-refractivity contribution in [3.8, 4) is 17.6 Å². The molecule has 1 amide bonds. The van der Waals surface area contributed by atoms with E-state index in [9.17, 15) is 10.1 Å². The molecule has 0 aliphatic carbocycles. The van der Waals surface area contributed by atoms with Gasteiger partial charge in [-0.1, -0.05) is 51.3 Å². The van der Waals surface area contributed by atoms with Crippen molar-refractivity contribution >= 4 is 56.8 Å². The third-order valence-electron chi connectivity index (χ3n) is 4.37. The minimum atomic E-state index is -0.583. The second-order valence-corrected chi connectivity index (χ2v) is 8.30. The van der Waals surface area contributed by atoms with Crippen LogP contribution in [-0.4, -0.2) is 13.0 Å². The van der Waals surface area contributed by atoms with Crippen molar-refractivity contribution in [1.82, 2.24) is 0 Å². The normalized spacial score (nSPS) is 10.9. The highest BCUT2D eigenvalue weighted by atomic mass is 79.9. The Morgan fingerprint density at radius 2 is 1.84 bits per heavy atom. The van der Waals surface area contributed by atoms with E-state index < -0.39 is 5.91 Å². The first-order chi connectivity index (χ1) is 15.4. The van der Waals surface area contributed by atoms with Crippen molar-refractivity contribution in [3.05, 3.63) is 91.9 Å². The summed E-state index contributed by atoms with van der Waals surface area (Å²) in [6.45, 7) is 0.304. The molecule has 162 valence electrons. The van der Waals surface area contributed by atoms with Gasteiger partial charge in [0.2, 0.25) is 0 Å². The number of anilines is 1. The fourth-order valence-electron chi connectivity index (χ4n) is 2.70. The van der Waals surface area contributed by atoms with Crippen LogP contribution in [0.3, 0.4) is 0 Å². The van der Waals surface area contributed by atoms with Gasteiger partial charge in [-0.2, -0.15) is 5.26 Å². The monoisotopic (exact) mass is 530 g/mol. The van der Waals surface area contributed by atoms with Crippen LogP contribution in [-0.2, 0) is 11.4 Å². The van der Waals surface area contributed by atoms with Crippen LogP contribution in [0.4, 0.5) is 5.69 Å². The van der Waals surface area contributed by atoms with Crippen molar-refractivity contribution in [3.63, 3.8) is 0 Å². The molecule has 3 aromatic rings. The van der Waals surface area contributed by atoms with Gasteiger partial charge in [0.15, 0.2) is 0 Å². The molecule has 0 spiro atoms. The lowest BCUT2D eigenvalue weighted by Crippen LogP contribution is -2.13. The van der Waals surface area contributed by atoms with Crippen molar-refractivity contribution in [1.29, 1.82) is 5.26 Å². The average molecular weight is 532 g/mol. The van der Waals surface area contributed by atoms with Gasteiger partial charge < -0.3 is 14.8 Å². The van der Waals surface area contributed by atoms with Crippen molar-refractivity contribution in [2.75, 3.05) is 12.4 Å². The highest BCUT2D eigenvalue weighted by Gasteiger charge is 2.13. The van der Waals surface area contributed by atoms with Crippen molar-refractivity contribution in [2.24, 2.45) is 0 Å². The quantitative estimate of drug-likeness (QED) is 0.266. The minimum Gasteiger partial charge on any atom is -0.497 e. The van der Waals surface area contributed by atoms with Gasteiger partial charge in [0.1, 0.15) is 29.7 Å². The summed E-state index contributed by atoms with van der Waals surface area (Å²) in [5.41, 5.74) is 1.84. The van der Waals surface area contributed by atoms with Gasteiger partial charge in [0.05, 0.1) is 17.2 Å². The Hall–Kier alpha value is -2.98. The lowest BCUT2D eigenvalue weighted by Gasteiger charge is -2.12. The zero-order valence-corrected chi connectivity index (χ0v) is 20.0. The largest absolute Gasteiger partial charge is 0.497 e. The van der Waals surface area contributed by atoms with Gasteiger partial charge in [0, 0.05) is 21.8 Å². The van der Waals surface area contributed by atoms with E-state index in [0.717, 1.165) is 10.0 Å². The van der Waals surface area contributed by atoms with Crippen molar-refractivity contribution in [2.45, 2.75) is 6.61 Å². The third-order valence-corrected chi connectivity index (χ3v) is 5.64. The first-order valence-corrected chi connectivity index (χ1v) is 10.9. The SMILES string of the molecule is COc1ccc(/C=C(\C#N)C(=O)Nc2ccc(Cl)c(Cl)c2)c(OCc2ccc(Br)cc2)c1. The van der Waals surface area contributed by atoms with Crippen LogP contribution in [0, 0.1) is 11.3 Å². The van der Waals surface area contributed by atoms with Gasteiger partial charge in [-0.15, -0.1) is 0 Å². The van der Waals surface area contributed by atoms with E-state index in [0.29, 0.717) is 39.4 Å². The van der Waals surface area contributed by atoms with Gasteiger partial charge in [-0.25, -0.2) is 0 Å². The smallest absolute Gasteiger partial charge is 0.266 e. The third kappa shape index (κ3) is 6.27. The van der Waals surface area contributed by atoms with Crippen LogP contribution in [0.2, 0.25) is 10.0 Å². The Balaban J connectivity index is 1.85. The van der Waals surface area contributed by atoms with E-state index in [4.69, 9.17) is 32.7 Å². The molecule has 0 saturated heterocycles. The van der Waals surface area contributed by atoms with Crippen LogP contribution in [0.1, 0.15) is 11.1 Å². The van der Waals surface area contributed by atoms with E-state index in [2.05, 4.69) is 21.2 Å². The molecule has 0 saturated carbocycles. The molecule has 0 bridgehead atoms. The van der Waals surface area contributed by atoms with E-state index >= 15 is 0 Å². The lowest BCUT2D eigenvalue weighted by molar-refractivity contribution is -0.112. The zero-order chi connectivity index (χ0) is 23.1. The lowest BCUT2D eigenvalue weighted by atomic mass is 10.1. The van der Waals surface area contributed by atoms with Crippen LogP contribution in [0.25, 0.3) is 6.08 Å². The molecule has 32 heavy (non-hydrogen) atoms. The van der Waals surface area contributed by atoms with E-state index in [1.165, 1.54) is 12.1 Å². The number of carbonyl (C=O) groups is 1. The molecule has 0 atom stereocenters. The van der Waals surface area contributed by atoms with Crippen LogP contribution >= 0.6 is 39.1 Å². The summed E-state index contributed by atoms with van der Waals surface area (Å²) in [4.78, 5) is 12.6. The fourth-order valence-corrected chi connectivity index (χ4v) is 3.27. The number of ether oxygens (including phenoxy) is 2. The number of nitrogens with one attached hydrogen (secondary N) is 1. The number of hydrogen-bond acceptors (Lipinski definition) is 4. The number of carbonyl (C=O) groups excluding carboxylic acids is 1. The summed E-state index contributed by atoms with van der Waals surface area (Å²) >= 11 is 15.3. The molecule has 8 heteroatoms. The number of amides is 1. The van der Waals surface area contributed by atoms with Crippen LogP contribution in [0.15, 0.2) is 70.7 Å². The average Bonchev–Trinajstić information content (AvgIpc) is 2.79. The second kappa shape index (κ2) is 11.1. The number of hydrogen-bond donors (Lipinski definition) is 1. The first kappa shape index (κ1) is 23.7. The molecule has 5 nitrogen and oxygen atoms in total. The predicted octanol–water partition coefficient (Wildman–Crippen LogP) is 6.89. The molecular weight excluding hydrogens is 515 g/mol. The molecule has 0 radical (unpaired) electrons. The maximum absolute atomic E-state index is 12.6. The second-order valence-electron chi connectivity index (χ2n) is 6.57. The molecule has 0 heterocycles. The van der Waals surface area contributed by atoms with Crippen LogP contribution < -0.4 is 14.8 Å². The van der Waals surface area contributed by atoms with Gasteiger partial charge >= 0.3 is 0 Å². The Morgan fingerprint density at radius 1 is 1.09 bits per heavy atom. The first-order valence-electron chi connectivity index (χ1n) is 9.33. The Morgan fingerprint density at radius 3 is 2.50 bits per heavy atom. The standard InChI is InChI=1S/C24H17BrCl2N2O3/c1-31-20-8-4-16(23(12-20)32-14-15-2-5-18(25)6-3-15)10-17(13-28)24(30)29-19-7-9-21(26)22(27)11-19/h2-12H,14H2,1H3,(H,29,30)/b17-10+. The summed E-state index contributed by atoms with van der Waals surface area (Å²) in [7, 11) is 1.55. The number of nitrogens with zero attached hydrogens (tertiary/aromatic N) is 1. The summed E-state index contributed by atoms with van der Waals surface area (Å²) in [5.74, 6) is 0.481. The number of nitriles is 1. The van der Waals surface area contributed by atoms with E-state index in [1.807, 2.05) is 30.3 Å². The summed E-state index contributed by atoms with van der Waals surface area (Å²) in [6.07, 6.45) is 1.46. The topological polar surface area (TPSA) is 71.3 Å². The van der Waals surface area contributed by atoms with Gasteiger partial charge in [-0.3, -0.25) is 4.79 Å². The Labute approximate surface area is 204 Å². The molecule has 3 aromatic carbocycles. The highest BCUT2D eigenvalue weighted by Crippen LogP contribution is 2.29. The molecule has 0 fully saturated rings. The zero-order valence-electron chi connectivity index (χ0n) is 16.9. The molecule has 0 aliphatic rings. The number of methoxy groups -OCH3 is 1. The maximum Gasteiger partial charge on any atom is 0.266 e. The van der Waals surface area contributed by atoms with Crippen molar-refractivity contribution < 1.29 is 14.3 Å². The predicted molar refractivity (Wildman–Crippen MR) is 130 cm³/mol. The van der Waals surface area contributed by atoms with Crippen LogP contribution in [0.5, 0.6) is 11.5 Å². The molecule has 1 N–H and O–H groups in total. The Kier molecular flexibility index (Phi) is 8.18. The summed E-state index contributed by atoms with van der Waals surface area (Å²) in [5, 5.41) is 12.9. The van der Waals surface area contributed by atoms with Gasteiger partial charge in [0.25, 0.3) is 5.91 Å². The molecule has 0 unspecified atom stereocenters. The number of benzene rings is 3. The highest BCUT2D eigenvalue weighted by molar-refractivity contribution is 9.10. The fraction of sp³-hybridized carbons (Fsp3) is 0.0833. The molecule has 0 aromatic heterocycles. The maximum atomic E-state index is 12.6. The minimum absolute atomic E-state index is 0.102.